The summed E-state index contributed by atoms with van der Waals surface area (Å²) in [6.07, 6.45) is 0. The van der Waals surface area contributed by atoms with E-state index in [0.29, 0.717) is 18.2 Å². The van der Waals surface area contributed by atoms with Crippen molar-refractivity contribution in [1.82, 2.24) is 9.97 Å². The zero-order chi connectivity index (χ0) is 11.4. The van der Waals surface area contributed by atoms with Crippen LogP contribution in [0, 0.1) is 24.2 Å². The Balaban J connectivity index is 2.82. The number of hydrogen-bond acceptors (Lipinski definition) is 5. The predicted octanol–water partition coefficient (Wildman–Crippen LogP) is 0.963. The van der Waals surface area contributed by atoms with Gasteiger partial charge in [0, 0.05) is 19.7 Å². The second kappa shape index (κ2) is 4.60. The normalized spacial score (nSPS) is 11.9. The van der Waals surface area contributed by atoms with Crippen LogP contribution in [0.1, 0.15) is 12.7 Å². The first-order chi connectivity index (χ1) is 7.02. The van der Waals surface area contributed by atoms with Crippen LogP contribution in [0.3, 0.4) is 0 Å². The summed E-state index contributed by atoms with van der Waals surface area (Å²) in [5.74, 6) is 1.81. The third-order valence-corrected chi connectivity index (χ3v) is 2.00. The zero-order valence-corrected chi connectivity index (χ0v) is 9.23. The van der Waals surface area contributed by atoms with Gasteiger partial charge in [-0.15, -0.1) is 0 Å². The Hall–Kier alpha value is -1.83. The lowest BCUT2D eigenvalue weighted by atomic mass is 10.2. The Bertz CT molecular complexity index is 362. The molecule has 1 rings (SSSR count). The lowest BCUT2D eigenvalue weighted by Crippen LogP contribution is -2.24. The number of aryl methyl sites for hydroxylation is 1. The number of aromatic nitrogens is 2. The molecule has 1 aromatic heterocycles. The van der Waals surface area contributed by atoms with Crippen molar-refractivity contribution in [2.75, 3.05) is 24.2 Å². The highest BCUT2D eigenvalue weighted by Crippen LogP contribution is 2.13. The van der Waals surface area contributed by atoms with Crippen molar-refractivity contribution in [3.05, 3.63) is 11.9 Å². The molecule has 0 fully saturated rings. The summed E-state index contributed by atoms with van der Waals surface area (Å²) >= 11 is 0. The first-order valence-corrected chi connectivity index (χ1v) is 4.75. The minimum atomic E-state index is -0.0357. The highest BCUT2D eigenvalue weighted by molar-refractivity contribution is 5.46. The summed E-state index contributed by atoms with van der Waals surface area (Å²) in [7, 11) is 1.88. The summed E-state index contributed by atoms with van der Waals surface area (Å²) < 4.78 is 0. The minimum absolute atomic E-state index is 0.0357. The van der Waals surface area contributed by atoms with E-state index in [4.69, 9.17) is 11.0 Å². The van der Waals surface area contributed by atoms with E-state index < -0.39 is 0 Å². The summed E-state index contributed by atoms with van der Waals surface area (Å²) in [6, 6.07) is 3.88. The van der Waals surface area contributed by atoms with Gasteiger partial charge in [0.2, 0.25) is 0 Å². The van der Waals surface area contributed by atoms with E-state index in [-0.39, 0.29) is 5.92 Å². The van der Waals surface area contributed by atoms with Gasteiger partial charge in [-0.1, -0.05) is 0 Å². The van der Waals surface area contributed by atoms with Crippen molar-refractivity contribution in [3.63, 3.8) is 0 Å². The number of nitrogens with zero attached hydrogens (tertiary/aromatic N) is 4. The first kappa shape index (κ1) is 11.2. The molecule has 2 N–H and O–H groups in total. The van der Waals surface area contributed by atoms with Crippen LogP contribution in [0.15, 0.2) is 6.07 Å². The predicted molar refractivity (Wildman–Crippen MR) is 59.2 cm³/mol. The van der Waals surface area contributed by atoms with Crippen molar-refractivity contribution in [2.24, 2.45) is 5.92 Å². The molecule has 1 unspecified atom stereocenters. The van der Waals surface area contributed by atoms with Gasteiger partial charge in [0.15, 0.2) is 0 Å². The Morgan fingerprint density at radius 1 is 1.60 bits per heavy atom. The smallest absolute Gasteiger partial charge is 0.134 e. The Kier molecular flexibility index (Phi) is 3.45. The fraction of sp³-hybridized carbons (Fsp3) is 0.500. The third-order valence-electron chi connectivity index (χ3n) is 2.00. The molecule has 0 radical (unpaired) electrons. The van der Waals surface area contributed by atoms with E-state index in [1.165, 1.54) is 0 Å². The molecule has 0 saturated heterocycles. The van der Waals surface area contributed by atoms with E-state index in [1.54, 1.807) is 13.0 Å². The van der Waals surface area contributed by atoms with Gasteiger partial charge in [-0.3, -0.25) is 0 Å². The number of hydrogen-bond donors (Lipinski definition) is 1. The molecule has 0 amide bonds. The molecule has 0 aliphatic carbocycles. The fourth-order valence-corrected chi connectivity index (χ4v) is 1.32. The van der Waals surface area contributed by atoms with Crippen LogP contribution in [0.25, 0.3) is 0 Å². The van der Waals surface area contributed by atoms with Gasteiger partial charge in [0.1, 0.15) is 17.5 Å². The van der Waals surface area contributed by atoms with Crippen LogP contribution in [0.2, 0.25) is 0 Å². The number of rotatable bonds is 3. The Labute approximate surface area is 89.6 Å². The van der Waals surface area contributed by atoms with E-state index in [1.807, 2.05) is 18.9 Å². The van der Waals surface area contributed by atoms with Crippen LogP contribution in [0.5, 0.6) is 0 Å². The van der Waals surface area contributed by atoms with Crippen molar-refractivity contribution in [3.8, 4) is 6.07 Å². The molecule has 0 aliphatic rings. The average molecular weight is 205 g/mol. The first-order valence-electron chi connectivity index (χ1n) is 4.75. The lowest BCUT2D eigenvalue weighted by molar-refractivity contribution is 0.708. The molecule has 1 aromatic rings. The van der Waals surface area contributed by atoms with Crippen LogP contribution < -0.4 is 10.6 Å². The summed E-state index contributed by atoms with van der Waals surface area (Å²) in [5.41, 5.74) is 5.62. The number of nitrogen functional groups attached to an aromatic ring is 1. The third kappa shape index (κ3) is 3.09. The van der Waals surface area contributed by atoms with Gasteiger partial charge < -0.3 is 10.6 Å². The van der Waals surface area contributed by atoms with Crippen molar-refractivity contribution in [2.45, 2.75) is 13.8 Å². The molecule has 1 heterocycles. The van der Waals surface area contributed by atoms with Gasteiger partial charge in [-0.05, 0) is 13.8 Å². The van der Waals surface area contributed by atoms with Crippen LogP contribution in [-0.2, 0) is 0 Å². The maximum Gasteiger partial charge on any atom is 0.134 e. The molecule has 15 heavy (non-hydrogen) atoms. The molecule has 5 nitrogen and oxygen atoms in total. The van der Waals surface area contributed by atoms with Gasteiger partial charge in [-0.25, -0.2) is 9.97 Å². The van der Waals surface area contributed by atoms with Gasteiger partial charge in [0.25, 0.3) is 0 Å². The monoisotopic (exact) mass is 205 g/mol. The molecule has 0 bridgehead atoms. The van der Waals surface area contributed by atoms with E-state index >= 15 is 0 Å². The summed E-state index contributed by atoms with van der Waals surface area (Å²) in [4.78, 5) is 10.1. The topological polar surface area (TPSA) is 78.8 Å². The second-order valence-electron chi connectivity index (χ2n) is 3.61. The Morgan fingerprint density at radius 2 is 2.27 bits per heavy atom. The average Bonchev–Trinajstić information content (AvgIpc) is 2.16. The van der Waals surface area contributed by atoms with Crippen LogP contribution in [-0.4, -0.2) is 23.6 Å². The molecular formula is C10H15N5. The Morgan fingerprint density at radius 3 is 2.80 bits per heavy atom. The van der Waals surface area contributed by atoms with Gasteiger partial charge in [0.05, 0.1) is 12.0 Å². The maximum absolute atomic E-state index is 8.71. The quantitative estimate of drug-likeness (QED) is 0.795. The van der Waals surface area contributed by atoms with Crippen LogP contribution in [0.4, 0.5) is 11.6 Å². The highest BCUT2D eigenvalue weighted by Gasteiger charge is 2.08. The van der Waals surface area contributed by atoms with Gasteiger partial charge in [-0.2, -0.15) is 5.26 Å². The maximum atomic E-state index is 8.71. The van der Waals surface area contributed by atoms with Crippen LogP contribution >= 0.6 is 0 Å². The molecule has 0 saturated carbocycles. The molecular weight excluding hydrogens is 190 g/mol. The van der Waals surface area contributed by atoms with Crippen molar-refractivity contribution < 1.29 is 0 Å². The standard InChI is InChI=1S/C10H15N5/c1-7(5-11)6-15(3)10-4-9(12)13-8(2)14-10/h4,7H,6H2,1-3H3,(H2,12,13,14). The highest BCUT2D eigenvalue weighted by atomic mass is 15.2. The molecule has 1 atom stereocenters. The largest absolute Gasteiger partial charge is 0.384 e. The van der Waals surface area contributed by atoms with Gasteiger partial charge >= 0.3 is 0 Å². The number of nitrogens with two attached hydrogens (primary N) is 1. The fourth-order valence-electron chi connectivity index (χ4n) is 1.32. The molecule has 5 heteroatoms. The van der Waals surface area contributed by atoms with Crippen molar-refractivity contribution in [1.29, 1.82) is 5.26 Å². The molecule has 80 valence electrons. The van der Waals surface area contributed by atoms with Crippen molar-refractivity contribution >= 4 is 11.6 Å². The van der Waals surface area contributed by atoms with E-state index in [2.05, 4.69) is 16.0 Å². The zero-order valence-electron chi connectivity index (χ0n) is 9.23. The minimum Gasteiger partial charge on any atom is -0.384 e. The summed E-state index contributed by atoms with van der Waals surface area (Å²) in [6.45, 7) is 4.29. The van der Waals surface area contributed by atoms with E-state index in [9.17, 15) is 0 Å². The van der Waals surface area contributed by atoms with E-state index in [0.717, 1.165) is 5.82 Å². The number of anilines is 2. The SMILES string of the molecule is Cc1nc(N)cc(N(C)CC(C)C#N)n1. The molecule has 0 aromatic carbocycles. The molecule has 0 aliphatic heterocycles. The molecule has 0 spiro atoms. The lowest BCUT2D eigenvalue weighted by Gasteiger charge is -2.19. The number of nitriles is 1. The summed E-state index contributed by atoms with van der Waals surface area (Å²) in [5, 5.41) is 8.71. The second-order valence-corrected chi connectivity index (χ2v) is 3.61.